The van der Waals surface area contributed by atoms with Crippen LogP contribution >= 0.6 is 0 Å². The fourth-order valence-electron chi connectivity index (χ4n) is 1.18. The van der Waals surface area contributed by atoms with Gasteiger partial charge in [0.2, 0.25) is 5.91 Å². The van der Waals surface area contributed by atoms with Gasteiger partial charge in [0.25, 0.3) is 0 Å². The first kappa shape index (κ1) is 11.1. The number of nitrogens with zero attached hydrogens (tertiary/aromatic N) is 1. The number of benzene rings is 1. The van der Waals surface area contributed by atoms with Gasteiger partial charge in [-0.15, -0.1) is 5.73 Å². The first-order chi connectivity index (χ1) is 7.19. The SMILES string of the molecule is C=C=CN(C(C)=O)c1ccc(OC)cc1. The van der Waals surface area contributed by atoms with Gasteiger partial charge in [-0.25, -0.2) is 0 Å². The van der Waals surface area contributed by atoms with Crippen molar-refractivity contribution in [1.82, 2.24) is 0 Å². The lowest BCUT2D eigenvalue weighted by molar-refractivity contribution is -0.115. The van der Waals surface area contributed by atoms with E-state index in [0.717, 1.165) is 11.4 Å². The fourth-order valence-corrected chi connectivity index (χ4v) is 1.18. The summed E-state index contributed by atoms with van der Waals surface area (Å²) in [5.74, 6) is 0.668. The Morgan fingerprint density at radius 3 is 2.47 bits per heavy atom. The second-order valence-electron chi connectivity index (χ2n) is 2.92. The molecule has 0 radical (unpaired) electrons. The van der Waals surface area contributed by atoms with Gasteiger partial charge in [-0.3, -0.25) is 9.69 Å². The number of rotatable bonds is 3. The third-order valence-electron chi connectivity index (χ3n) is 1.91. The standard InChI is InChI=1S/C12H13NO2/c1-4-9-13(10(2)14)11-5-7-12(15-3)8-6-11/h5-9H,1H2,2-3H3. The lowest BCUT2D eigenvalue weighted by Gasteiger charge is -2.15. The maximum atomic E-state index is 11.3. The smallest absolute Gasteiger partial charge is 0.228 e. The Balaban J connectivity index is 3.01. The Bertz CT molecular complexity index is 387. The monoisotopic (exact) mass is 203 g/mol. The van der Waals surface area contributed by atoms with Gasteiger partial charge in [0.05, 0.1) is 13.3 Å². The summed E-state index contributed by atoms with van der Waals surface area (Å²) in [5, 5.41) is 0. The van der Waals surface area contributed by atoms with Crippen LogP contribution in [0.2, 0.25) is 0 Å². The minimum atomic E-state index is -0.0867. The number of ether oxygens (including phenoxy) is 1. The average Bonchev–Trinajstić information content (AvgIpc) is 2.26. The van der Waals surface area contributed by atoms with Gasteiger partial charge in [-0.1, -0.05) is 6.58 Å². The zero-order valence-corrected chi connectivity index (χ0v) is 8.86. The van der Waals surface area contributed by atoms with Crippen LogP contribution in [-0.4, -0.2) is 13.0 Å². The van der Waals surface area contributed by atoms with Crippen molar-refractivity contribution in [3.63, 3.8) is 0 Å². The van der Waals surface area contributed by atoms with Gasteiger partial charge in [-0.2, -0.15) is 0 Å². The van der Waals surface area contributed by atoms with E-state index >= 15 is 0 Å². The van der Waals surface area contributed by atoms with Gasteiger partial charge in [0, 0.05) is 12.6 Å². The van der Waals surface area contributed by atoms with E-state index < -0.39 is 0 Å². The molecular weight excluding hydrogens is 190 g/mol. The molecule has 0 fully saturated rings. The molecule has 0 aliphatic heterocycles. The average molecular weight is 203 g/mol. The van der Waals surface area contributed by atoms with Crippen LogP contribution in [0.5, 0.6) is 5.75 Å². The first-order valence-corrected chi connectivity index (χ1v) is 4.49. The van der Waals surface area contributed by atoms with Gasteiger partial charge in [-0.05, 0) is 24.3 Å². The summed E-state index contributed by atoms with van der Waals surface area (Å²) >= 11 is 0. The molecule has 0 spiro atoms. The van der Waals surface area contributed by atoms with Crippen LogP contribution in [0.25, 0.3) is 0 Å². The summed E-state index contributed by atoms with van der Waals surface area (Å²) < 4.78 is 5.03. The van der Waals surface area contributed by atoms with E-state index in [1.807, 2.05) is 0 Å². The lowest BCUT2D eigenvalue weighted by Crippen LogP contribution is -2.21. The van der Waals surface area contributed by atoms with Crippen LogP contribution in [0.15, 0.2) is 42.8 Å². The molecule has 1 aromatic carbocycles. The minimum Gasteiger partial charge on any atom is -0.497 e. The van der Waals surface area contributed by atoms with Crippen LogP contribution in [0.3, 0.4) is 0 Å². The topological polar surface area (TPSA) is 29.5 Å². The number of anilines is 1. The van der Waals surface area contributed by atoms with Crippen LogP contribution in [-0.2, 0) is 4.79 Å². The third kappa shape index (κ3) is 2.73. The maximum absolute atomic E-state index is 11.3. The molecule has 78 valence electrons. The highest BCUT2D eigenvalue weighted by Gasteiger charge is 2.07. The summed E-state index contributed by atoms with van der Waals surface area (Å²) in [6, 6.07) is 7.19. The highest BCUT2D eigenvalue weighted by Crippen LogP contribution is 2.19. The first-order valence-electron chi connectivity index (χ1n) is 4.49. The number of carbonyl (C=O) groups is 1. The normalized spacial score (nSPS) is 8.93. The summed E-state index contributed by atoms with van der Waals surface area (Å²) in [6.07, 6.45) is 1.50. The van der Waals surface area contributed by atoms with Crippen molar-refractivity contribution in [2.45, 2.75) is 6.92 Å². The third-order valence-corrected chi connectivity index (χ3v) is 1.91. The molecule has 15 heavy (non-hydrogen) atoms. The zero-order valence-electron chi connectivity index (χ0n) is 8.86. The van der Waals surface area contributed by atoms with Crippen molar-refractivity contribution in [3.8, 4) is 5.75 Å². The van der Waals surface area contributed by atoms with Crippen LogP contribution < -0.4 is 9.64 Å². The Morgan fingerprint density at radius 1 is 1.47 bits per heavy atom. The van der Waals surface area contributed by atoms with Crippen molar-refractivity contribution in [1.29, 1.82) is 0 Å². The molecule has 1 aromatic rings. The molecule has 0 saturated heterocycles. The molecule has 0 aromatic heterocycles. The van der Waals surface area contributed by atoms with Crippen molar-refractivity contribution in [2.75, 3.05) is 12.0 Å². The van der Waals surface area contributed by atoms with Crippen LogP contribution in [0, 0.1) is 0 Å². The number of carbonyl (C=O) groups excluding carboxylic acids is 1. The predicted octanol–water partition coefficient (Wildman–Crippen LogP) is 2.35. The van der Waals surface area contributed by atoms with Gasteiger partial charge < -0.3 is 4.74 Å². The molecular formula is C12H13NO2. The number of amides is 1. The van der Waals surface area contributed by atoms with E-state index in [-0.39, 0.29) is 5.91 Å². The Hall–Kier alpha value is -1.99. The summed E-state index contributed by atoms with van der Waals surface area (Å²) in [7, 11) is 1.60. The van der Waals surface area contributed by atoms with E-state index in [0.29, 0.717) is 0 Å². The fraction of sp³-hybridized carbons (Fsp3) is 0.167. The van der Waals surface area contributed by atoms with Gasteiger partial charge >= 0.3 is 0 Å². The second kappa shape index (κ2) is 5.03. The van der Waals surface area contributed by atoms with Gasteiger partial charge in [0.1, 0.15) is 5.75 Å². The minimum absolute atomic E-state index is 0.0867. The molecule has 3 nitrogen and oxygen atoms in total. The molecule has 0 atom stereocenters. The maximum Gasteiger partial charge on any atom is 0.228 e. The Kier molecular flexibility index (Phi) is 3.72. The Morgan fingerprint density at radius 2 is 2.07 bits per heavy atom. The van der Waals surface area contributed by atoms with E-state index in [9.17, 15) is 4.79 Å². The van der Waals surface area contributed by atoms with Crippen molar-refractivity contribution < 1.29 is 9.53 Å². The van der Waals surface area contributed by atoms with E-state index in [4.69, 9.17) is 4.74 Å². The van der Waals surface area contributed by atoms with Crippen molar-refractivity contribution in [2.24, 2.45) is 0 Å². The van der Waals surface area contributed by atoms with Crippen LogP contribution in [0.4, 0.5) is 5.69 Å². The lowest BCUT2D eigenvalue weighted by atomic mass is 10.3. The van der Waals surface area contributed by atoms with E-state index in [2.05, 4.69) is 12.3 Å². The number of hydrogen-bond acceptors (Lipinski definition) is 2. The van der Waals surface area contributed by atoms with Gasteiger partial charge in [0.15, 0.2) is 0 Å². The Labute approximate surface area is 89.3 Å². The number of hydrogen-bond donors (Lipinski definition) is 0. The van der Waals surface area contributed by atoms with E-state index in [1.165, 1.54) is 18.0 Å². The summed E-state index contributed by atoms with van der Waals surface area (Å²) in [6.45, 7) is 4.93. The molecule has 0 saturated carbocycles. The molecule has 1 amide bonds. The molecule has 0 heterocycles. The highest BCUT2D eigenvalue weighted by atomic mass is 16.5. The summed E-state index contributed by atoms with van der Waals surface area (Å²) in [5.41, 5.74) is 3.34. The van der Waals surface area contributed by atoms with E-state index in [1.54, 1.807) is 31.4 Å². The highest BCUT2D eigenvalue weighted by molar-refractivity contribution is 5.93. The second-order valence-corrected chi connectivity index (χ2v) is 2.92. The molecule has 0 aliphatic carbocycles. The zero-order chi connectivity index (χ0) is 11.3. The van der Waals surface area contributed by atoms with Crippen molar-refractivity contribution in [3.05, 3.63) is 42.8 Å². The largest absolute Gasteiger partial charge is 0.497 e. The molecule has 0 unspecified atom stereocenters. The molecule has 0 bridgehead atoms. The predicted molar refractivity (Wildman–Crippen MR) is 59.9 cm³/mol. The quantitative estimate of drug-likeness (QED) is 0.706. The van der Waals surface area contributed by atoms with Crippen LogP contribution in [0.1, 0.15) is 6.92 Å². The molecule has 0 aliphatic rings. The summed E-state index contributed by atoms with van der Waals surface area (Å²) in [4.78, 5) is 12.7. The molecule has 3 heteroatoms. The molecule has 1 rings (SSSR count). The van der Waals surface area contributed by atoms with Crippen molar-refractivity contribution >= 4 is 11.6 Å². The number of methoxy groups -OCH3 is 1. The molecule has 0 N–H and O–H groups in total.